The largest absolute Gasteiger partial charge is 0.388 e. The number of ether oxygens (including phenoxy) is 1. The fourth-order valence-electron chi connectivity index (χ4n) is 4.31. The third-order valence-electron chi connectivity index (χ3n) is 5.92. The highest BCUT2D eigenvalue weighted by Gasteiger charge is 2.44. The molecule has 1 N–H and O–H groups in total. The zero-order valence-corrected chi connectivity index (χ0v) is 16.3. The molecule has 0 bridgehead atoms. The molecule has 1 aromatic rings. The molecule has 148 valence electrons. The van der Waals surface area contributed by atoms with Crippen LogP contribution in [0.1, 0.15) is 46.3 Å². The number of β-amino-alcohol motifs (C(OH)–C–C–N with tert-alkyl or cyclic N) is 1. The predicted molar refractivity (Wildman–Crippen MR) is 98.6 cm³/mol. The zero-order chi connectivity index (χ0) is 19.2. The van der Waals surface area contributed by atoms with Crippen molar-refractivity contribution < 1.29 is 23.8 Å². The van der Waals surface area contributed by atoms with Gasteiger partial charge in [0.1, 0.15) is 17.9 Å². The Morgan fingerprint density at radius 2 is 2.07 bits per heavy atom. The van der Waals surface area contributed by atoms with Crippen molar-refractivity contribution in [1.29, 1.82) is 0 Å². The second-order valence-corrected chi connectivity index (χ2v) is 8.64. The number of alkyl halides is 1. The normalized spacial score (nSPS) is 27.1. The average Bonchev–Trinajstić information content (AvgIpc) is 3.26. The topological polar surface area (TPSA) is 70.1 Å². The minimum absolute atomic E-state index is 0.0400. The number of aliphatic hydroxyl groups is 1. The van der Waals surface area contributed by atoms with Gasteiger partial charge in [0.15, 0.2) is 0 Å². The van der Waals surface area contributed by atoms with Gasteiger partial charge in [0.2, 0.25) is 5.91 Å². The summed E-state index contributed by atoms with van der Waals surface area (Å²) in [6.07, 6.45) is 0.252. The second-order valence-electron chi connectivity index (χ2n) is 7.59. The molecule has 2 saturated heterocycles. The van der Waals surface area contributed by atoms with Gasteiger partial charge < -0.3 is 19.6 Å². The molecule has 0 aliphatic carbocycles. The van der Waals surface area contributed by atoms with Crippen LogP contribution in [0.25, 0.3) is 0 Å². The molecule has 1 aromatic heterocycles. The molecule has 0 radical (unpaired) electrons. The average molecular weight is 396 g/mol. The molecule has 2 fully saturated rings. The molecule has 4 rings (SSSR count). The fourth-order valence-corrected chi connectivity index (χ4v) is 5.69. The van der Waals surface area contributed by atoms with Crippen LogP contribution in [-0.4, -0.2) is 71.8 Å². The van der Waals surface area contributed by atoms with Gasteiger partial charge in [0, 0.05) is 30.9 Å². The van der Waals surface area contributed by atoms with Crippen molar-refractivity contribution in [1.82, 2.24) is 9.80 Å². The summed E-state index contributed by atoms with van der Waals surface area (Å²) < 4.78 is 19.8. The van der Waals surface area contributed by atoms with E-state index in [1.54, 1.807) is 0 Å². The highest BCUT2D eigenvalue weighted by Crippen LogP contribution is 2.45. The van der Waals surface area contributed by atoms with Gasteiger partial charge in [-0.2, -0.15) is 0 Å². The van der Waals surface area contributed by atoms with Crippen LogP contribution in [0.5, 0.6) is 0 Å². The van der Waals surface area contributed by atoms with Crippen molar-refractivity contribution >= 4 is 23.2 Å². The van der Waals surface area contributed by atoms with Crippen molar-refractivity contribution in [3.63, 3.8) is 0 Å². The van der Waals surface area contributed by atoms with E-state index in [1.165, 1.54) is 16.2 Å². The van der Waals surface area contributed by atoms with Crippen LogP contribution < -0.4 is 0 Å². The number of halogens is 1. The van der Waals surface area contributed by atoms with Crippen molar-refractivity contribution in [2.45, 2.75) is 50.5 Å². The van der Waals surface area contributed by atoms with Crippen LogP contribution in [-0.2, 0) is 21.6 Å². The molecule has 1 spiro atoms. The molecule has 8 heteroatoms. The van der Waals surface area contributed by atoms with Crippen LogP contribution in [0.3, 0.4) is 0 Å². The lowest BCUT2D eigenvalue weighted by molar-refractivity contribution is -0.139. The molecular weight excluding hydrogens is 371 g/mol. The number of fused-ring (bicyclic) bond motifs is 2. The Labute approximate surface area is 161 Å². The number of carbonyl (C=O) groups excluding carboxylic acids is 2. The second kappa shape index (κ2) is 7.14. The van der Waals surface area contributed by atoms with Crippen molar-refractivity contribution in [3.05, 3.63) is 21.4 Å². The van der Waals surface area contributed by atoms with E-state index < -0.39 is 17.9 Å². The molecular formula is C19H25FN2O4S. The van der Waals surface area contributed by atoms with Crippen LogP contribution in [0, 0.1) is 0 Å². The van der Waals surface area contributed by atoms with Gasteiger partial charge in [-0.25, -0.2) is 4.39 Å². The highest BCUT2D eigenvalue weighted by molar-refractivity contribution is 7.14. The maximum atomic E-state index is 13.6. The van der Waals surface area contributed by atoms with Crippen molar-refractivity contribution in [2.24, 2.45) is 0 Å². The van der Waals surface area contributed by atoms with Gasteiger partial charge in [-0.3, -0.25) is 9.59 Å². The first-order valence-corrected chi connectivity index (χ1v) is 10.4. The van der Waals surface area contributed by atoms with E-state index in [-0.39, 0.29) is 24.9 Å². The van der Waals surface area contributed by atoms with E-state index in [9.17, 15) is 19.1 Å². The molecule has 27 heavy (non-hydrogen) atoms. The summed E-state index contributed by atoms with van der Waals surface area (Å²) in [5, 5.41) is 9.60. The van der Waals surface area contributed by atoms with Gasteiger partial charge in [0.25, 0.3) is 5.91 Å². The fraction of sp³-hybridized carbons (Fsp3) is 0.684. The zero-order valence-electron chi connectivity index (χ0n) is 15.4. The SMILES string of the molecule is CCC(=O)N1CCC2(CC1)OCCc1cc(C(=O)N3C[C@@H](O)[C@H](F)C3)sc12. The Balaban J connectivity index is 1.54. The smallest absolute Gasteiger partial charge is 0.264 e. The van der Waals surface area contributed by atoms with Gasteiger partial charge in [-0.15, -0.1) is 11.3 Å². The number of rotatable bonds is 2. The molecule has 3 aliphatic rings. The summed E-state index contributed by atoms with van der Waals surface area (Å²) in [6, 6.07) is 1.91. The number of piperidine rings is 1. The summed E-state index contributed by atoms with van der Waals surface area (Å²) in [7, 11) is 0. The molecule has 0 aromatic carbocycles. The lowest BCUT2D eigenvalue weighted by Crippen LogP contribution is -2.47. The Morgan fingerprint density at radius 3 is 2.70 bits per heavy atom. The van der Waals surface area contributed by atoms with E-state index >= 15 is 0 Å². The Bertz CT molecular complexity index is 734. The van der Waals surface area contributed by atoms with Crippen LogP contribution in [0.2, 0.25) is 0 Å². The lowest BCUT2D eigenvalue weighted by Gasteiger charge is -2.43. The summed E-state index contributed by atoms with van der Waals surface area (Å²) in [6.45, 7) is 3.78. The number of hydrogen-bond acceptors (Lipinski definition) is 5. The first-order valence-electron chi connectivity index (χ1n) is 9.60. The number of carbonyl (C=O) groups is 2. The van der Waals surface area contributed by atoms with Gasteiger partial charge in [0.05, 0.1) is 18.0 Å². The number of amides is 2. The van der Waals surface area contributed by atoms with E-state index in [4.69, 9.17) is 4.74 Å². The van der Waals surface area contributed by atoms with E-state index in [2.05, 4.69) is 0 Å². The molecule has 0 saturated carbocycles. The molecule has 6 nitrogen and oxygen atoms in total. The predicted octanol–water partition coefficient (Wildman–Crippen LogP) is 1.70. The molecule has 2 atom stereocenters. The Hall–Kier alpha value is -1.51. The molecule has 4 heterocycles. The number of hydrogen-bond donors (Lipinski definition) is 1. The van der Waals surface area contributed by atoms with Crippen LogP contribution in [0.15, 0.2) is 6.07 Å². The summed E-state index contributed by atoms with van der Waals surface area (Å²) in [5.41, 5.74) is 0.704. The summed E-state index contributed by atoms with van der Waals surface area (Å²) in [4.78, 5) is 29.7. The number of aliphatic hydroxyl groups excluding tert-OH is 1. The van der Waals surface area contributed by atoms with Crippen molar-refractivity contribution in [2.75, 3.05) is 32.8 Å². The standard InChI is InChI=1S/C19H25FN2O4S/c1-2-16(24)21-6-4-19(5-7-21)17-12(3-8-26-19)9-15(27-17)18(25)22-10-13(20)14(23)11-22/h9,13-14,23H,2-8,10-11H2,1H3/t13-,14-/m1/s1. The minimum Gasteiger partial charge on any atom is -0.388 e. The maximum Gasteiger partial charge on any atom is 0.264 e. The summed E-state index contributed by atoms with van der Waals surface area (Å²) in [5.74, 6) is -0.0568. The molecule has 3 aliphatic heterocycles. The highest BCUT2D eigenvalue weighted by atomic mass is 32.1. The van der Waals surface area contributed by atoms with E-state index in [1.807, 2.05) is 17.9 Å². The number of thiophene rings is 1. The molecule has 0 unspecified atom stereocenters. The Kier molecular flexibility index (Phi) is 4.98. The molecule has 2 amide bonds. The lowest BCUT2D eigenvalue weighted by atomic mass is 9.85. The van der Waals surface area contributed by atoms with E-state index in [0.29, 0.717) is 31.0 Å². The Morgan fingerprint density at radius 1 is 1.33 bits per heavy atom. The van der Waals surface area contributed by atoms with Gasteiger partial charge >= 0.3 is 0 Å². The monoisotopic (exact) mass is 396 g/mol. The minimum atomic E-state index is -1.38. The quantitative estimate of drug-likeness (QED) is 0.826. The van der Waals surface area contributed by atoms with Gasteiger partial charge in [-0.05, 0) is 30.9 Å². The van der Waals surface area contributed by atoms with Crippen molar-refractivity contribution in [3.8, 4) is 0 Å². The third kappa shape index (κ3) is 3.28. The maximum absolute atomic E-state index is 13.6. The number of nitrogens with zero attached hydrogens (tertiary/aromatic N) is 2. The van der Waals surface area contributed by atoms with Gasteiger partial charge in [-0.1, -0.05) is 6.92 Å². The van der Waals surface area contributed by atoms with Crippen LogP contribution in [0.4, 0.5) is 4.39 Å². The number of likely N-dealkylation sites (tertiary alicyclic amines) is 2. The first kappa shape index (κ1) is 18.8. The van der Waals surface area contributed by atoms with Crippen LogP contribution >= 0.6 is 11.3 Å². The third-order valence-corrected chi connectivity index (χ3v) is 7.27. The summed E-state index contributed by atoms with van der Waals surface area (Å²) >= 11 is 1.43. The first-order chi connectivity index (χ1) is 12.9. The van der Waals surface area contributed by atoms with E-state index in [0.717, 1.165) is 29.7 Å².